The van der Waals surface area contributed by atoms with E-state index in [-0.39, 0.29) is 0 Å². The molecule has 0 spiro atoms. The zero-order chi connectivity index (χ0) is 11.5. The zero-order valence-corrected chi connectivity index (χ0v) is 9.74. The lowest BCUT2D eigenvalue weighted by Gasteiger charge is -2.00. The summed E-state index contributed by atoms with van der Waals surface area (Å²) in [6.07, 6.45) is 0. The van der Waals surface area contributed by atoms with Crippen molar-refractivity contribution in [3.63, 3.8) is 0 Å². The van der Waals surface area contributed by atoms with Crippen LogP contribution in [0.1, 0.15) is 17.0 Å². The van der Waals surface area contributed by atoms with Crippen LogP contribution >= 0.6 is 0 Å². The van der Waals surface area contributed by atoms with Crippen LogP contribution in [-0.2, 0) is 6.54 Å². The fourth-order valence-corrected chi connectivity index (χ4v) is 1.69. The molecule has 2 rings (SSSR count). The standard InChI is InChI=1S/C12H15N3O/c1-8-4-9(2)6-10(5-8)12-15-14-11(16-12)7-13-3/h4-6,13H,7H2,1-3H3. The quantitative estimate of drug-likeness (QED) is 0.855. The number of hydrogen-bond donors (Lipinski definition) is 1. The van der Waals surface area contributed by atoms with Gasteiger partial charge in [-0.1, -0.05) is 17.2 Å². The lowest BCUT2D eigenvalue weighted by Crippen LogP contribution is -2.04. The van der Waals surface area contributed by atoms with Gasteiger partial charge < -0.3 is 9.73 Å². The van der Waals surface area contributed by atoms with E-state index in [4.69, 9.17) is 4.42 Å². The highest BCUT2D eigenvalue weighted by molar-refractivity contribution is 5.55. The number of benzene rings is 1. The molecule has 4 heteroatoms. The van der Waals surface area contributed by atoms with Crippen molar-refractivity contribution >= 4 is 0 Å². The van der Waals surface area contributed by atoms with Gasteiger partial charge in [0.05, 0.1) is 6.54 Å². The Labute approximate surface area is 94.7 Å². The van der Waals surface area contributed by atoms with Crippen LogP contribution in [0.5, 0.6) is 0 Å². The number of nitrogens with one attached hydrogen (secondary N) is 1. The summed E-state index contributed by atoms with van der Waals surface area (Å²) >= 11 is 0. The molecular weight excluding hydrogens is 202 g/mol. The van der Waals surface area contributed by atoms with Crippen molar-refractivity contribution in [2.75, 3.05) is 7.05 Å². The SMILES string of the molecule is CNCc1nnc(-c2cc(C)cc(C)c2)o1. The fraction of sp³-hybridized carbons (Fsp3) is 0.333. The summed E-state index contributed by atoms with van der Waals surface area (Å²) in [4.78, 5) is 0. The molecule has 0 amide bonds. The van der Waals surface area contributed by atoms with Gasteiger partial charge in [-0.15, -0.1) is 10.2 Å². The summed E-state index contributed by atoms with van der Waals surface area (Å²) in [6, 6.07) is 6.21. The highest BCUT2D eigenvalue weighted by Crippen LogP contribution is 2.20. The molecular formula is C12H15N3O. The van der Waals surface area contributed by atoms with Gasteiger partial charge in [-0.05, 0) is 33.0 Å². The Morgan fingerprint density at radius 2 is 1.81 bits per heavy atom. The Morgan fingerprint density at radius 3 is 2.44 bits per heavy atom. The predicted octanol–water partition coefficient (Wildman–Crippen LogP) is 2.07. The van der Waals surface area contributed by atoms with Crippen LogP contribution < -0.4 is 5.32 Å². The molecule has 0 radical (unpaired) electrons. The maximum atomic E-state index is 5.54. The van der Waals surface area contributed by atoms with Crippen molar-refractivity contribution in [3.05, 3.63) is 35.2 Å². The molecule has 84 valence electrons. The molecule has 0 aliphatic carbocycles. The second kappa shape index (κ2) is 4.45. The molecule has 1 aromatic heterocycles. The van der Waals surface area contributed by atoms with Crippen molar-refractivity contribution in [1.82, 2.24) is 15.5 Å². The largest absolute Gasteiger partial charge is 0.419 e. The van der Waals surface area contributed by atoms with E-state index in [0.29, 0.717) is 18.3 Å². The van der Waals surface area contributed by atoms with Crippen LogP contribution in [0.25, 0.3) is 11.5 Å². The first-order chi connectivity index (χ1) is 7.69. The van der Waals surface area contributed by atoms with Gasteiger partial charge in [0.2, 0.25) is 11.8 Å². The van der Waals surface area contributed by atoms with Gasteiger partial charge in [0.15, 0.2) is 0 Å². The summed E-state index contributed by atoms with van der Waals surface area (Å²) in [6.45, 7) is 4.71. The minimum Gasteiger partial charge on any atom is -0.419 e. The predicted molar refractivity (Wildman–Crippen MR) is 62.0 cm³/mol. The summed E-state index contributed by atoms with van der Waals surface area (Å²) in [5, 5.41) is 11.0. The van der Waals surface area contributed by atoms with Gasteiger partial charge in [-0.25, -0.2) is 0 Å². The number of nitrogens with zero attached hydrogens (tertiary/aromatic N) is 2. The molecule has 0 aliphatic rings. The Bertz CT molecular complexity index is 471. The highest BCUT2D eigenvalue weighted by atomic mass is 16.4. The van der Waals surface area contributed by atoms with Crippen molar-refractivity contribution in [2.24, 2.45) is 0 Å². The smallest absolute Gasteiger partial charge is 0.247 e. The molecule has 1 heterocycles. The van der Waals surface area contributed by atoms with E-state index in [2.05, 4.69) is 35.4 Å². The second-order valence-corrected chi connectivity index (χ2v) is 3.91. The molecule has 0 bridgehead atoms. The molecule has 0 atom stereocenters. The van der Waals surface area contributed by atoms with Crippen LogP contribution in [0.4, 0.5) is 0 Å². The molecule has 0 saturated heterocycles. The van der Waals surface area contributed by atoms with E-state index in [1.807, 2.05) is 19.2 Å². The van der Waals surface area contributed by atoms with Crippen LogP contribution in [0.3, 0.4) is 0 Å². The van der Waals surface area contributed by atoms with Gasteiger partial charge in [-0.2, -0.15) is 0 Å². The first-order valence-corrected chi connectivity index (χ1v) is 5.24. The third kappa shape index (κ3) is 2.28. The molecule has 0 aliphatic heterocycles. The van der Waals surface area contributed by atoms with Crippen molar-refractivity contribution in [1.29, 1.82) is 0 Å². The molecule has 0 unspecified atom stereocenters. The van der Waals surface area contributed by atoms with Gasteiger partial charge in [0.25, 0.3) is 0 Å². The Kier molecular flexibility index (Phi) is 3.01. The average molecular weight is 217 g/mol. The normalized spacial score (nSPS) is 10.7. The molecule has 1 aromatic carbocycles. The van der Waals surface area contributed by atoms with E-state index < -0.39 is 0 Å². The lowest BCUT2D eigenvalue weighted by atomic mass is 10.1. The van der Waals surface area contributed by atoms with Gasteiger partial charge in [0.1, 0.15) is 0 Å². The molecule has 0 fully saturated rings. The molecule has 0 saturated carbocycles. The monoisotopic (exact) mass is 217 g/mol. The number of aromatic nitrogens is 2. The minimum atomic E-state index is 0.581. The number of rotatable bonds is 3. The van der Waals surface area contributed by atoms with E-state index in [0.717, 1.165) is 5.56 Å². The van der Waals surface area contributed by atoms with E-state index in [1.165, 1.54) is 11.1 Å². The maximum Gasteiger partial charge on any atom is 0.247 e. The highest BCUT2D eigenvalue weighted by Gasteiger charge is 2.08. The number of hydrogen-bond acceptors (Lipinski definition) is 4. The van der Waals surface area contributed by atoms with Crippen molar-refractivity contribution < 1.29 is 4.42 Å². The third-order valence-electron chi connectivity index (χ3n) is 2.26. The lowest BCUT2D eigenvalue weighted by molar-refractivity contribution is 0.490. The van der Waals surface area contributed by atoms with Gasteiger partial charge in [0, 0.05) is 5.56 Å². The maximum absolute atomic E-state index is 5.54. The molecule has 2 aromatic rings. The van der Waals surface area contributed by atoms with Crippen LogP contribution in [-0.4, -0.2) is 17.2 Å². The minimum absolute atomic E-state index is 0.581. The van der Waals surface area contributed by atoms with Crippen molar-refractivity contribution in [2.45, 2.75) is 20.4 Å². The van der Waals surface area contributed by atoms with Crippen LogP contribution in [0.15, 0.2) is 22.6 Å². The number of aryl methyl sites for hydroxylation is 2. The summed E-state index contributed by atoms with van der Waals surface area (Å²) < 4.78 is 5.54. The van der Waals surface area contributed by atoms with E-state index >= 15 is 0 Å². The zero-order valence-electron chi connectivity index (χ0n) is 9.74. The fourth-order valence-electron chi connectivity index (χ4n) is 1.69. The summed E-state index contributed by atoms with van der Waals surface area (Å²) in [5.74, 6) is 1.19. The molecule has 16 heavy (non-hydrogen) atoms. The van der Waals surface area contributed by atoms with Gasteiger partial charge in [-0.3, -0.25) is 0 Å². The second-order valence-electron chi connectivity index (χ2n) is 3.91. The third-order valence-corrected chi connectivity index (χ3v) is 2.26. The van der Waals surface area contributed by atoms with Gasteiger partial charge >= 0.3 is 0 Å². The average Bonchev–Trinajstić information content (AvgIpc) is 2.65. The molecule has 4 nitrogen and oxygen atoms in total. The topological polar surface area (TPSA) is 51.0 Å². The summed E-state index contributed by atoms with van der Waals surface area (Å²) in [7, 11) is 1.85. The Hall–Kier alpha value is -1.68. The Morgan fingerprint density at radius 1 is 1.12 bits per heavy atom. The van der Waals surface area contributed by atoms with Crippen molar-refractivity contribution in [3.8, 4) is 11.5 Å². The first-order valence-electron chi connectivity index (χ1n) is 5.24. The Balaban J connectivity index is 2.34. The first kappa shape index (κ1) is 10.8. The van der Waals surface area contributed by atoms with Crippen LogP contribution in [0, 0.1) is 13.8 Å². The summed E-state index contributed by atoms with van der Waals surface area (Å²) in [5.41, 5.74) is 3.37. The van der Waals surface area contributed by atoms with Crippen LogP contribution in [0.2, 0.25) is 0 Å². The molecule has 1 N–H and O–H groups in total. The van der Waals surface area contributed by atoms with E-state index in [9.17, 15) is 0 Å². The van der Waals surface area contributed by atoms with E-state index in [1.54, 1.807) is 0 Å².